The lowest BCUT2D eigenvalue weighted by molar-refractivity contribution is -0.114. The van der Waals surface area contributed by atoms with E-state index in [0.717, 1.165) is 5.56 Å². The number of amides is 1. The SMILES string of the molecule is COc1ccc(NC(C)=O)cc1S(=O)(=O)Nc1ccccc1C. The Bertz CT molecular complexity index is 832. The van der Waals surface area contributed by atoms with Gasteiger partial charge in [-0.15, -0.1) is 0 Å². The van der Waals surface area contributed by atoms with Gasteiger partial charge in [0.1, 0.15) is 10.6 Å². The first-order valence-electron chi connectivity index (χ1n) is 6.87. The van der Waals surface area contributed by atoms with E-state index in [1.165, 1.54) is 26.2 Å². The van der Waals surface area contributed by atoms with E-state index in [0.29, 0.717) is 11.4 Å². The molecule has 2 aromatic carbocycles. The summed E-state index contributed by atoms with van der Waals surface area (Å²) < 4.78 is 33.0. The van der Waals surface area contributed by atoms with Gasteiger partial charge in [-0.25, -0.2) is 8.42 Å². The number of rotatable bonds is 5. The van der Waals surface area contributed by atoms with Crippen molar-refractivity contribution < 1.29 is 17.9 Å². The third-order valence-corrected chi connectivity index (χ3v) is 4.55. The van der Waals surface area contributed by atoms with Gasteiger partial charge in [0.05, 0.1) is 12.8 Å². The molecule has 0 aromatic heterocycles. The van der Waals surface area contributed by atoms with Crippen molar-refractivity contribution in [3.8, 4) is 5.75 Å². The minimum atomic E-state index is -3.86. The summed E-state index contributed by atoms with van der Waals surface area (Å²) in [6.07, 6.45) is 0. The van der Waals surface area contributed by atoms with Gasteiger partial charge in [-0.3, -0.25) is 9.52 Å². The molecular formula is C16H18N2O4S. The van der Waals surface area contributed by atoms with Gasteiger partial charge in [0.15, 0.2) is 0 Å². The molecule has 0 unspecified atom stereocenters. The zero-order valence-corrected chi connectivity index (χ0v) is 13.9. The van der Waals surface area contributed by atoms with Crippen molar-refractivity contribution in [1.82, 2.24) is 0 Å². The average Bonchev–Trinajstić information content (AvgIpc) is 2.49. The third-order valence-electron chi connectivity index (χ3n) is 3.16. The summed E-state index contributed by atoms with van der Waals surface area (Å²) >= 11 is 0. The van der Waals surface area contributed by atoms with Crippen LogP contribution in [0.15, 0.2) is 47.4 Å². The Morgan fingerprint density at radius 1 is 1.13 bits per heavy atom. The zero-order chi connectivity index (χ0) is 17.0. The summed E-state index contributed by atoms with van der Waals surface area (Å²) in [7, 11) is -2.47. The van der Waals surface area contributed by atoms with Crippen LogP contribution in [0.3, 0.4) is 0 Å². The second kappa shape index (κ2) is 6.70. The molecule has 0 bridgehead atoms. The molecule has 0 spiro atoms. The van der Waals surface area contributed by atoms with Crippen molar-refractivity contribution in [2.24, 2.45) is 0 Å². The molecule has 0 saturated heterocycles. The number of aryl methyl sites for hydroxylation is 1. The molecule has 2 rings (SSSR count). The lowest BCUT2D eigenvalue weighted by Gasteiger charge is -2.14. The van der Waals surface area contributed by atoms with Crippen LogP contribution in [0, 0.1) is 6.92 Å². The minimum Gasteiger partial charge on any atom is -0.495 e. The fraction of sp³-hybridized carbons (Fsp3) is 0.188. The van der Waals surface area contributed by atoms with Crippen molar-refractivity contribution in [3.05, 3.63) is 48.0 Å². The highest BCUT2D eigenvalue weighted by Gasteiger charge is 2.21. The van der Waals surface area contributed by atoms with Crippen LogP contribution in [-0.4, -0.2) is 21.4 Å². The smallest absolute Gasteiger partial charge is 0.265 e. The molecule has 6 nitrogen and oxygen atoms in total. The van der Waals surface area contributed by atoms with E-state index in [2.05, 4.69) is 10.0 Å². The summed E-state index contributed by atoms with van der Waals surface area (Å²) in [6.45, 7) is 3.16. The quantitative estimate of drug-likeness (QED) is 0.880. The van der Waals surface area contributed by atoms with Crippen LogP contribution < -0.4 is 14.8 Å². The number of benzene rings is 2. The van der Waals surface area contributed by atoms with Crippen molar-refractivity contribution in [3.63, 3.8) is 0 Å². The van der Waals surface area contributed by atoms with E-state index in [9.17, 15) is 13.2 Å². The fourth-order valence-corrected chi connectivity index (χ4v) is 3.38. The maximum absolute atomic E-state index is 12.7. The van der Waals surface area contributed by atoms with Gasteiger partial charge < -0.3 is 10.1 Å². The molecule has 0 fully saturated rings. The number of nitrogens with one attached hydrogen (secondary N) is 2. The first-order chi connectivity index (χ1) is 10.8. The van der Waals surface area contributed by atoms with Crippen LogP contribution in [0.5, 0.6) is 5.75 Å². The highest BCUT2D eigenvalue weighted by Crippen LogP contribution is 2.29. The maximum Gasteiger partial charge on any atom is 0.265 e. The zero-order valence-electron chi connectivity index (χ0n) is 13.1. The molecule has 1 amide bonds. The number of hydrogen-bond acceptors (Lipinski definition) is 4. The van der Waals surface area contributed by atoms with Gasteiger partial charge in [0.25, 0.3) is 10.0 Å². The standard InChI is InChI=1S/C16H18N2O4S/c1-11-6-4-5-7-14(11)18-23(20,21)16-10-13(17-12(2)19)8-9-15(16)22-3/h4-10,18H,1-3H3,(H,17,19). The largest absolute Gasteiger partial charge is 0.495 e. The van der Waals surface area contributed by atoms with E-state index >= 15 is 0 Å². The monoisotopic (exact) mass is 334 g/mol. The molecule has 0 heterocycles. The first kappa shape index (κ1) is 16.8. The number of para-hydroxylation sites is 1. The summed E-state index contributed by atoms with van der Waals surface area (Å²) in [6, 6.07) is 11.5. The molecule has 0 aliphatic rings. The summed E-state index contributed by atoms with van der Waals surface area (Å²) in [5.41, 5.74) is 1.66. The van der Waals surface area contributed by atoms with Crippen molar-refractivity contribution >= 4 is 27.3 Å². The summed E-state index contributed by atoms with van der Waals surface area (Å²) in [5.74, 6) is -0.0921. The van der Waals surface area contributed by atoms with Crippen LogP contribution in [0.4, 0.5) is 11.4 Å². The van der Waals surface area contributed by atoms with Crippen LogP contribution in [-0.2, 0) is 14.8 Å². The Labute approximate surface area is 135 Å². The Kier molecular flexibility index (Phi) is 4.90. The topological polar surface area (TPSA) is 84.5 Å². The molecule has 122 valence electrons. The van der Waals surface area contributed by atoms with E-state index in [-0.39, 0.29) is 16.6 Å². The number of anilines is 2. The summed E-state index contributed by atoms with van der Waals surface area (Å²) in [4.78, 5) is 11.1. The van der Waals surface area contributed by atoms with Crippen LogP contribution in [0.1, 0.15) is 12.5 Å². The highest BCUT2D eigenvalue weighted by molar-refractivity contribution is 7.92. The Morgan fingerprint density at radius 2 is 1.83 bits per heavy atom. The summed E-state index contributed by atoms with van der Waals surface area (Å²) in [5, 5.41) is 2.56. The lowest BCUT2D eigenvalue weighted by atomic mass is 10.2. The molecule has 0 aliphatic carbocycles. The van der Waals surface area contributed by atoms with Gasteiger partial charge in [-0.1, -0.05) is 18.2 Å². The molecule has 7 heteroatoms. The number of carbonyl (C=O) groups excluding carboxylic acids is 1. The van der Waals surface area contributed by atoms with E-state index < -0.39 is 10.0 Å². The molecular weight excluding hydrogens is 316 g/mol. The Balaban J connectivity index is 2.45. The van der Waals surface area contributed by atoms with Crippen molar-refractivity contribution in [2.45, 2.75) is 18.7 Å². The normalized spacial score (nSPS) is 10.9. The third kappa shape index (κ3) is 4.01. The number of carbonyl (C=O) groups is 1. The van der Waals surface area contributed by atoms with Crippen molar-refractivity contribution in [2.75, 3.05) is 17.1 Å². The predicted molar refractivity (Wildman–Crippen MR) is 89.3 cm³/mol. The molecule has 0 radical (unpaired) electrons. The average molecular weight is 334 g/mol. The first-order valence-corrected chi connectivity index (χ1v) is 8.36. The van der Waals surface area contributed by atoms with Crippen molar-refractivity contribution in [1.29, 1.82) is 0 Å². The number of ether oxygens (including phenoxy) is 1. The van der Waals surface area contributed by atoms with Crippen LogP contribution in [0.2, 0.25) is 0 Å². The molecule has 2 N–H and O–H groups in total. The lowest BCUT2D eigenvalue weighted by Crippen LogP contribution is -2.15. The molecule has 0 aliphatic heterocycles. The second-order valence-electron chi connectivity index (χ2n) is 4.97. The van der Waals surface area contributed by atoms with Crippen LogP contribution in [0.25, 0.3) is 0 Å². The number of methoxy groups -OCH3 is 1. The van der Waals surface area contributed by atoms with E-state index in [4.69, 9.17) is 4.74 Å². The van der Waals surface area contributed by atoms with Gasteiger partial charge in [-0.05, 0) is 36.8 Å². The highest BCUT2D eigenvalue weighted by atomic mass is 32.2. The predicted octanol–water partition coefficient (Wildman–Crippen LogP) is 2.76. The van der Waals surface area contributed by atoms with Gasteiger partial charge in [0.2, 0.25) is 5.91 Å². The van der Waals surface area contributed by atoms with Gasteiger partial charge in [0, 0.05) is 12.6 Å². The van der Waals surface area contributed by atoms with Gasteiger partial charge in [-0.2, -0.15) is 0 Å². The number of sulfonamides is 1. The fourth-order valence-electron chi connectivity index (χ4n) is 2.05. The second-order valence-corrected chi connectivity index (χ2v) is 6.62. The molecule has 2 aromatic rings. The maximum atomic E-state index is 12.7. The van der Waals surface area contributed by atoms with Crippen LogP contribution >= 0.6 is 0 Å². The van der Waals surface area contributed by atoms with E-state index in [1.807, 2.05) is 19.1 Å². The minimum absolute atomic E-state index is 0.0468. The van der Waals surface area contributed by atoms with Gasteiger partial charge >= 0.3 is 0 Å². The Morgan fingerprint density at radius 3 is 2.43 bits per heavy atom. The molecule has 0 atom stereocenters. The molecule has 23 heavy (non-hydrogen) atoms. The number of hydrogen-bond donors (Lipinski definition) is 2. The Hall–Kier alpha value is -2.54. The van der Waals surface area contributed by atoms with E-state index in [1.54, 1.807) is 18.2 Å². The molecule has 0 saturated carbocycles.